The van der Waals surface area contributed by atoms with E-state index in [0.29, 0.717) is 0 Å². The van der Waals surface area contributed by atoms with Crippen molar-refractivity contribution >= 4 is 20.8 Å². The summed E-state index contributed by atoms with van der Waals surface area (Å²) in [6, 6.07) is 0. The molecule has 0 saturated heterocycles. The average molecular weight is 234 g/mol. The van der Waals surface area contributed by atoms with Crippen molar-refractivity contribution < 1.29 is 28.8 Å². The maximum atomic E-state index is 10.6. The van der Waals surface area contributed by atoms with Gasteiger partial charge in [-0.15, -0.1) is 3.63 Å². The Morgan fingerprint density at radius 1 is 0.846 bits per heavy atom. The minimum absolute atomic E-state index is 0.218. The number of rotatable bonds is 6. The van der Waals surface area contributed by atoms with E-state index in [4.69, 9.17) is 0 Å². The highest BCUT2D eigenvalue weighted by Gasteiger charge is 2.23. The van der Waals surface area contributed by atoms with Crippen molar-refractivity contribution in [3.05, 3.63) is 0 Å². The molecule has 0 bridgehead atoms. The van der Waals surface area contributed by atoms with Crippen molar-refractivity contribution in [3.8, 4) is 0 Å². The van der Waals surface area contributed by atoms with E-state index in [1.54, 1.807) is 0 Å². The fourth-order valence-corrected chi connectivity index (χ4v) is 2.14. The third-order valence-corrected chi connectivity index (χ3v) is 3.07. The smallest absolute Gasteiger partial charge is 0.248 e. The molecule has 0 aliphatic heterocycles. The Morgan fingerprint density at radius 2 is 1.15 bits per heavy atom. The van der Waals surface area contributed by atoms with Gasteiger partial charge in [0.2, 0.25) is 0 Å². The van der Waals surface area contributed by atoms with E-state index in [0.717, 1.165) is 0 Å². The fraction of sp³-hybridized carbons (Fsp3) is 1.00. The van der Waals surface area contributed by atoms with Crippen molar-refractivity contribution in [2.24, 2.45) is 0 Å². The normalized spacial score (nSPS) is 13.1. The molecule has 0 aromatic carbocycles. The Balaban J connectivity index is 4.44. The first-order valence-electron chi connectivity index (χ1n) is 3.32. The van der Waals surface area contributed by atoms with Crippen LogP contribution in [-0.2, 0) is 32.8 Å². The second-order valence-electron chi connectivity index (χ2n) is 1.70. The lowest BCUT2D eigenvalue weighted by Gasteiger charge is -2.03. The Bertz CT molecular complexity index is 292. The standard InChI is InChI=1S/C4H10O7S2/c1-3-9-12(5,6)11-13(7,8)10-4-2/h3-4H2,1-2H3. The summed E-state index contributed by atoms with van der Waals surface area (Å²) >= 11 is 0. The van der Waals surface area contributed by atoms with E-state index in [1.807, 2.05) is 0 Å². The molecule has 0 aliphatic carbocycles. The lowest BCUT2D eigenvalue weighted by molar-refractivity contribution is 0.251. The van der Waals surface area contributed by atoms with Crippen LogP contribution >= 0.6 is 0 Å². The van der Waals surface area contributed by atoms with E-state index < -0.39 is 20.8 Å². The lowest BCUT2D eigenvalue weighted by atomic mass is 10.9. The minimum atomic E-state index is -4.52. The van der Waals surface area contributed by atoms with Crippen LogP contribution in [0, 0.1) is 0 Å². The largest absolute Gasteiger partial charge is 0.416 e. The highest BCUT2D eigenvalue weighted by atomic mass is 32.3. The summed E-state index contributed by atoms with van der Waals surface area (Å²) in [5, 5.41) is 0. The Kier molecular flexibility index (Phi) is 4.78. The predicted octanol–water partition coefficient (Wildman–Crippen LogP) is -0.434. The molecule has 0 rings (SSSR count). The molecule has 0 radical (unpaired) electrons. The third-order valence-electron chi connectivity index (χ3n) is 0.691. The Hall–Kier alpha value is -0.220. The topological polar surface area (TPSA) is 96.0 Å². The number of hydrogen-bond acceptors (Lipinski definition) is 7. The zero-order chi connectivity index (χ0) is 10.5. The Labute approximate surface area is 77.3 Å². The van der Waals surface area contributed by atoms with Crippen molar-refractivity contribution in [2.45, 2.75) is 13.8 Å². The second kappa shape index (κ2) is 4.86. The van der Waals surface area contributed by atoms with Crippen molar-refractivity contribution in [2.75, 3.05) is 13.2 Å². The quantitative estimate of drug-likeness (QED) is 0.615. The Morgan fingerprint density at radius 3 is 1.38 bits per heavy atom. The summed E-state index contributed by atoms with van der Waals surface area (Å²) in [6.45, 7) is 2.30. The van der Waals surface area contributed by atoms with Crippen LogP contribution in [0.3, 0.4) is 0 Å². The third kappa shape index (κ3) is 5.93. The molecule has 80 valence electrons. The molecule has 0 N–H and O–H groups in total. The van der Waals surface area contributed by atoms with Gasteiger partial charge < -0.3 is 0 Å². The highest BCUT2D eigenvalue weighted by molar-refractivity contribution is 7.95. The lowest BCUT2D eigenvalue weighted by Crippen LogP contribution is -2.18. The molecule has 0 spiro atoms. The summed E-state index contributed by atoms with van der Waals surface area (Å²) in [4.78, 5) is 0. The van der Waals surface area contributed by atoms with Crippen LogP contribution in [0.15, 0.2) is 0 Å². The van der Waals surface area contributed by atoms with Gasteiger partial charge in [-0.2, -0.15) is 16.8 Å². The van der Waals surface area contributed by atoms with E-state index in [9.17, 15) is 16.8 Å². The van der Waals surface area contributed by atoms with Crippen molar-refractivity contribution in [1.82, 2.24) is 0 Å². The predicted molar refractivity (Wildman–Crippen MR) is 42.2 cm³/mol. The van der Waals surface area contributed by atoms with Crippen LogP contribution in [0.25, 0.3) is 0 Å². The van der Waals surface area contributed by atoms with Crippen LogP contribution in [-0.4, -0.2) is 30.0 Å². The van der Waals surface area contributed by atoms with E-state index >= 15 is 0 Å². The summed E-state index contributed by atoms with van der Waals surface area (Å²) in [5.74, 6) is 0. The van der Waals surface area contributed by atoms with Crippen LogP contribution in [0.1, 0.15) is 13.8 Å². The van der Waals surface area contributed by atoms with Gasteiger partial charge in [-0.1, -0.05) is 0 Å². The molecule has 13 heavy (non-hydrogen) atoms. The number of hydrogen-bond donors (Lipinski definition) is 0. The molecule has 0 heterocycles. The van der Waals surface area contributed by atoms with Gasteiger partial charge in [0.25, 0.3) is 0 Å². The molecule has 0 amide bonds. The maximum Gasteiger partial charge on any atom is 0.416 e. The molecule has 0 saturated carbocycles. The van der Waals surface area contributed by atoms with E-state index in [1.165, 1.54) is 13.8 Å². The van der Waals surface area contributed by atoms with Crippen LogP contribution in [0.4, 0.5) is 0 Å². The maximum absolute atomic E-state index is 10.6. The summed E-state index contributed by atoms with van der Waals surface area (Å²) < 4.78 is 54.1. The molecule has 9 heteroatoms. The first-order chi connectivity index (χ1) is 5.83. The van der Waals surface area contributed by atoms with Crippen molar-refractivity contribution in [3.63, 3.8) is 0 Å². The molecular formula is C4H10O7S2. The summed E-state index contributed by atoms with van der Waals surface area (Å²) in [7, 11) is -9.05. The first-order valence-corrected chi connectivity index (χ1v) is 5.99. The average Bonchev–Trinajstić information content (AvgIpc) is 1.82. The molecular weight excluding hydrogens is 224 g/mol. The molecule has 0 aromatic rings. The molecule has 0 aliphatic rings. The van der Waals surface area contributed by atoms with Crippen LogP contribution < -0.4 is 0 Å². The molecule has 7 nitrogen and oxygen atoms in total. The van der Waals surface area contributed by atoms with E-state index in [2.05, 4.69) is 12.0 Å². The highest BCUT2D eigenvalue weighted by Crippen LogP contribution is 2.04. The first kappa shape index (κ1) is 12.8. The van der Waals surface area contributed by atoms with Gasteiger partial charge in [-0.25, -0.2) is 8.37 Å². The molecule has 0 aromatic heterocycles. The molecule has 0 atom stereocenters. The zero-order valence-corrected chi connectivity index (χ0v) is 8.72. The summed E-state index contributed by atoms with van der Waals surface area (Å²) in [5.41, 5.74) is 0. The monoisotopic (exact) mass is 234 g/mol. The van der Waals surface area contributed by atoms with Gasteiger partial charge in [-0.05, 0) is 13.8 Å². The van der Waals surface area contributed by atoms with Crippen molar-refractivity contribution in [1.29, 1.82) is 0 Å². The zero-order valence-electron chi connectivity index (χ0n) is 7.09. The molecule has 0 unspecified atom stereocenters. The van der Waals surface area contributed by atoms with E-state index in [-0.39, 0.29) is 13.2 Å². The van der Waals surface area contributed by atoms with Crippen LogP contribution in [0.5, 0.6) is 0 Å². The van der Waals surface area contributed by atoms with Gasteiger partial charge in [0.1, 0.15) is 0 Å². The second-order valence-corrected chi connectivity index (χ2v) is 4.35. The SMILES string of the molecule is CCOS(=O)(=O)OS(=O)(=O)OCC. The van der Waals surface area contributed by atoms with Crippen LogP contribution in [0.2, 0.25) is 0 Å². The minimum Gasteiger partial charge on any atom is -0.248 e. The van der Waals surface area contributed by atoms with Gasteiger partial charge in [0.15, 0.2) is 0 Å². The van der Waals surface area contributed by atoms with Gasteiger partial charge in [0.05, 0.1) is 13.2 Å². The molecule has 0 fully saturated rings. The summed E-state index contributed by atoms with van der Waals surface area (Å²) in [6.07, 6.45) is 0. The fourth-order valence-electron chi connectivity index (χ4n) is 0.430. The van der Waals surface area contributed by atoms with Gasteiger partial charge >= 0.3 is 20.8 Å². The van der Waals surface area contributed by atoms with Gasteiger partial charge in [-0.3, -0.25) is 0 Å². The van der Waals surface area contributed by atoms with Gasteiger partial charge in [0, 0.05) is 0 Å².